The smallest absolute Gasteiger partial charge is 0.319 e. The first-order valence-corrected chi connectivity index (χ1v) is 7.25. The second kappa shape index (κ2) is 6.30. The summed E-state index contributed by atoms with van der Waals surface area (Å²) in [7, 11) is 0. The molecular weight excluding hydrogens is 286 g/mol. The summed E-state index contributed by atoms with van der Waals surface area (Å²) in [5, 5.41) is 0.695. The van der Waals surface area contributed by atoms with Crippen LogP contribution in [0.25, 0.3) is 11.1 Å². The lowest BCUT2D eigenvalue weighted by molar-refractivity contribution is -0.142. The van der Waals surface area contributed by atoms with Crippen LogP contribution in [0.5, 0.6) is 0 Å². The first kappa shape index (κ1) is 14.2. The summed E-state index contributed by atoms with van der Waals surface area (Å²) in [5.41, 5.74) is 1.34. The molecule has 1 aromatic carbocycles. The molecule has 4 nitrogen and oxygen atoms in total. The van der Waals surface area contributed by atoms with Gasteiger partial charge in [0, 0.05) is 5.02 Å². The van der Waals surface area contributed by atoms with E-state index in [1.165, 1.54) is 11.8 Å². The molecule has 2 aromatic rings. The maximum atomic E-state index is 11.6. The van der Waals surface area contributed by atoms with Crippen LogP contribution in [0.4, 0.5) is 0 Å². The molecule has 0 spiro atoms. The third kappa shape index (κ3) is 3.64. The average molecular weight is 300 g/mol. The minimum absolute atomic E-state index is 0.257. The average Bonchev–Trinajstić information content (AvgIpc) is 2.77. The molecule has 0 radical (unpaired) electrons. The Balaban J connectivity index is 2.06. The molecule has 2 rings (SSSR count). The number of hydrogen-bond acceptors (Lipinski definition) is 5. The Bertz CT molecular complexity index is 584. The molecule has 1 heterocycles. The standard InChI is InChI=1S/C13H14ClNO3S/c1-3-6-17-12(16)8(2)19-13-15-10-7-9(14)4-5-11(10)18-13/h4-5,7-8H,3,6H2,1-2H3. The minimum atomic E-state index is -0.352. The third-order valence-corrected chi connectivity index (χ3v) is 3.55. The molecule has 19 heavy (non-hydrogen) atoms. The number of ether oxygens (including phenoxy) is 1. The van der Waals surface area contributed by atoms with E-state index in [0.717, 1.165) is 6.42 Å². The maximum Gasteiger partial charge on any atom is 0.319 e. The van der Waals surface area contributed by atoms with Crippen LogP contribution in [0.1, 0.15) is 20.3 Å². The summed E-state index contributed by atoms with van der Waals surface area (Å²) >= 11 is 7.12. The highest BCUT2D eigenvalue weighted by molar-refractivity contribution is 8.00. The number of benzene rings is 1. The van der Waals surface area contributed by atoms with Crippen molar-refractivity contribution in [3.63, 3.8) is 0 Å². The van der Waals surface area contributed by atoms with Crippen LogP contribution in [-0.2, 0) is 9.53 Å². The van der Waals surface area contributed by atoms with Crippen molar-refractivity contribution in [3.8, 4) is 0 Å². The van der Waals surface area contributed by atoms with E-state index in [9.17, 15) is 4.79 Å². The molecule has 0 bridgehead atoms. The molecule has 0 N–H and O–H groups in total. The number of nitrogens with zero attached hydrogens (tertiary/aromatic N) is 1. The van der Waals surface area contributed by atoms with Crippen molar-refractivity contribution in [2.75, 3.05) is 6.61 Å². The van der Waals surface area contributed by atoms with Gasteiger partial charge in [-0.25, -0.2) is 4.98 Å². The predicted octanol–water partition coefficient (Wildman–Crippen LogP) is 3.92. The molecule has 0 amide bonds. The van der Waals surface area contributed by atoms with Crippen molar-refractivity contribution in [2.24, 2.45) is 0 Å². The molecule has 0 aliphatic rings. The largest absolute Gasteiger partial charge is 0.465 e. The van der Waals surface area contributed by atoms with Gasteiger partial charge >= 0.3 is 5.97 Å². The topological polar surface area (TPSA) is 52.3 Å². The van der Waals surface area contributed by atoms with Gasteiger partial charge in [-0.2, -0.15) is 0 Å². The van der Waals surface area contributed by atoms with Gasteiger partial charge < -0.3 is 9.15 Å². The summed E-state index contributed by atoms with van der Waals surface area (Å²) < 4.78 is 10.6. The van der Waals surface area contributed by atoms with E-state index < -0.39 is 0 Å². The fourth-order valence-corrected chi connectivity index (χ4v) is 2.37. The molecule has 1 atom stereocenters. The number of esters is 1. The minimum Gasteiger partial charge on any atom is -0.465 e. The molecular formula is C13H14ClNO3S. The normalized spacial score (nSPS) is 12.6. The van der Waals surface area contributed by atoms with Gasteiger partial charge in [0.15, 0.2) is 5.58 Å². The Morgan fingerprint density at radius 3 is 3.11 bits per heavy atom. The molecule has 1 unspecified atom stereocenters. The molecule has 6 heteroatoms. The number of aromatic nitrogens is 1. The zero-order valence-corrected chi connectivity index (χ0v) is 12.3. The molecule has 0 aliphatic carbocycles. The number of hydrogen-bond donors (Lipinski definition) is 0. The van der Waals surface area contributed by atoms with Gasteiger partial charge in [-0.05, 0) is 31.5 Å². The summed E-state index contributed by atoms with van der Waals surface area (Å²) in [6.45, 7) is 4.16. The number of halogens is 1. The Kier molecular flexibility index (Phi) is 4.71. The maximum absolute atomic E-state index is 11.6. The molecule has 0 saturated carbocycles. The second-order valence-corrected chi connectivity index (χ2v) is 5.75. The van der Waals surface area contributed by atoms with Gasteiger partial charge in [0.05, 0.1) is 6.61 Å². The van der Waals surface area contributed by atoms with Gasteiger partial charge in [0.2, 0.25) is 0 Å². The highest BCUT2D eigenvalue weighted by Crippen LogP contribution is 2.28. The monoisotopic (exact) mass is 299 g/mol. The summed E-state index contributed by atoms with van der Waals surface area (Å²) in [6.07, 6.45) is 0.810. The molecule has 1 aromatic heterocycles. The number of oxazole rings is 1. The lowest BCUT2D eigenvalue weighted by atomic mass is 10.3. The Hall–Kier alpha value is -1.20. The van der Waals surface area contributed by atoms with Crippen LogP contribution >= 0.6 is 23.4 Å². The third-order valence-electron chi connectivity index (χ3n) is 2.39. The van der Waals surface area contributed by atoms with E-state index in [1.807, 2.05) is 6.92 Å². The van der Waals surface area contributed by atoms with Gasteiger partial charge in [-0.15, -0.1) is 0 Å². The van der Waals surface area contributed by atoms with Crippen LogP contribution in [0.2, 0.25) is 5.02 Å². The van der Waals surface area contributed by atoms with Gasteiger partial charge in [0.1, 0.15) is 10.8 Å². The first-order chi connectivity index (χ1) is 9.10. The summed E-state index contributed by atoms with van der Waals surface area (Å²) in [6, 6.07) is 5.22. The quantitative estimate of drug-likeness (QED) is 0.619. The van der Waals surface area contributed by atoms with E-state index in [0.29, 0.717) is 28.0 Å². The number of carbonyl (C=O) groups is 1. The number of carbonyl (C=O) groups excluding carboxylic acids is 1. The van der Waals surface area contributed by atoms with E-state index in [2.05, 4.69) is 4.98 Å². The first-order valence-electron chi connectivity index (χ1n) is 5.99. The SMILES string of the molecule is CCCOC(=O)C(C)Sc1nc2cc(Cl)ccc2o1. The van der Waals surface area contributed by atoms with Crippen molar-refractivity contribution in [1.82, 2.24) is 4.98 Å². The van der Waals surface area contributed by atoms with Crippen molar-refractivity contribution in [3.05, 3.63) is 23.2 Å². The van der Waals surface area contributed by atoms with E-state index in [1.54, 1.807) is 25.1 Å². The molecule has 102 valence electrons. The van der Waals surface area contributed by atoms with Crippen LogP contribution < -0.4 is 0 Å². The van der Waals surface area contributed by atoms with E-state index in [4.69, 9.17) is 20.8 Å². The van der Waals surface area contributed by atoms with Crippen molar-refractivity contribution >= 4 is 40.4 Å². The Morgan fingerprint density at radius 2 is 2.37 bits per heavy atom. The molecule has 0 saturated heterocycles. The van der Waals surface area contributed by atoms with Crippen molar-refractivity contribution in [1.29, 1.82) is 0 Å². The highest BCUT2D eigenvalue weighted by atomic mass is 35.5. The zero-order chi connectivity index (χ0) is 13.8. The van der Waals surface area contributed by atoms with Gasteiger partial charge in [-0.1, -0.05) is 30.3 Å². The Morgan fingerprint density at radius 1 is 1.58 bits per heavy atom. The van der Waals surface area contributed by atoms with Gasteiger partial charge in [-0.3, -0.25) is 4.79 Å². The summed E-state index contributed by atoms with van der Waals surface area (Å²) in [4.78, 5) is 15.9. The Labute approximate surface area is 120 Å². The van der Waals surface area contributed by atoms with Crippen molar-refractivity contribution < 1.29 is 13.9 Å². The predicted molar refractivity (Wildman–Crippen MR) is 75.6 cm³/mol. The molecule has 0 fully saturated rings. The van der Waals surface area contributed by atoms with Crippen molar-refractivity contribution in [2.45, 2.75) is 30.7 Å². The number of rotatable bonds is 5. The fraction of sp³-hybridized carbons (Fsp3) is 0.385. The lowest BCUT2D eigenvalue weighted by Crippen LogP contribution is -2.17. The van der Waals surface area contributed by atoms with Crippen LogP contribution in [0.3, 0.4) is 0 Å². The summed E-state index contributed by atoms with van der Waals surface area (Å²) in [5.74, 6) is -0.257. The number of fused-ring (bicyclic) bond motifs is 1. The highest BCUT2D eigenvalue weighted by Gasteiger charge is 2.19. The van der Waals surface area contributed by atoms with E-state index >= 15 is 0 Å². The fourth-order valence-electron chi connectivity index (χ4n) is 1.45. The van der Waals surface area contributed by atoms with Crippen LogP contribution in [0.15, 0.2) is 27.8 Å². The van der Waals surface area contributed by atoms with Crippen LogP contribution in [0, 0.1) is 0 Å². The number of thioether (sulfide) groups is 1. The molecule has 0 aliphatic heterocycles. The van der Waals surface area contributed by atoms with E-state index in [-0.39, 0.29) is 11.2 Å². The van der Waals surface area contributed by atoms with Crippen LogP contribution in [-0.4, -0.2) is 22.8 Å². The second-order valence-electron chi connectivity index (χ2n) is 4.02. The van der Waals surface area contributed by atoms with Gasteiger partial charge in [0.25, 0.3) is 5.22 Å². The lowest BCUT2D eigenvalue weighted by Gasteiger charge is -2.07. The zero-order valence-electron chi connectivity index (χ0n) is 10.7.